The molecule has 1 aromatic rings. The molecule has 1 aliphatic rings. The van der Waals surface area contributed by atoms with Crippen LogP contribution in [0.5, 0.6) is 0 Å². The molecular weight excluding hydrogens is 210 g/mol. The third kappa shape index (κ3) is 2.41. The highest BCUT2D eigenvalue weighted by Gasteiger charge is 2.45. The summed E-state index contributed by atoms with van der Waals surface area (Å²) in [5, 5.41) is 12.4. The normalized spacial score (nSPS) is 16.6. The van der Waals surface area contributed by atoms with E-state index in [4.69, 9.17) is 5.26 Å². The molecule has 0 amide bonds. The van der Waals surface area contributed by atoms with Crippen molar-refractivity contribution in [3.05, 3.63) is 23.4 Å². The number of hydrogen-bond acceptors (Lipinski definition) is 3. The number of hydrogen-bond donors (Lipinski definition) is 1. The van der Waals surface area contributed by atoms with Crippen molar-refractivity contribution in [1.82, 2.24) is 4.98 Å². The van der Waals surface area contributed by atoms with E-state index in [2.05, 4.69) is 30.2 Å². The van der Waals surface area contributed by atoms with E-state index in [1.54, 1.807) is 0 Å². The van der Waals surface area contributed by atoms with Crippen LogP contribution in [-0.2, 0) is 0 Å². The summed E-state index contributed by atoms with van der Waals surface area (Å²) in [6, 6.07) is 5.89. The quantitative estimate of drug-likeness (QED) is 0.863. The molecule has 90 valence electrons. The van der Waals surface area contributed by atoms with Gasteiger partial charge >= 0.3 is 0 Å². The van der Waals surface area contributed by atoms with Crippen LogP contribution in [0.25, 0.3) is 0 Å². The van der Waals surface area contributed by atoms with Crippen LogP contribution in [0.2, 0.25) is 0 Å². The molecule has 17 heavy (non-hydrogen) atoms. The lowest BCUT2D eigenvalue weighted by Gasteiger charge is -2.20. The molecule has 1 fully saturated rings. The number of pyridine rings is 1. The van der Waals surface area contributed by atoms with Gasteiger partial charge in [0.05, 0.1) is 5.56 Å². The molecule has 0 aliphatic heterocycles. The van der Waals surface area contributed by atoms with E-state index < -0.39 is 0 Å². The second kappa shape index (κ2) is 4.37. The molecule has 0 bridgehead atoms. The van der Waals surface area contributed by atoms with Crippen LogP contribution in [0, 0.1) is 29.6 Å². The van der Waals surface area contributed by atoms with Crippen LogP contribution in [0.3, 0.4) is 0 Å². The highest BCUT2D eigenvalue weighted by molar-refractivity contribution is 5.52. The molecule has 1 aromatic heterocycles. The fourth-order valence-electron chi connectivity index (χ4n) is 2.16. The molecule has 3 heteroatoms. The van der Waals surface area contributed by atoms with Gasteiger partial charge in [0.15, 0.2) is 0 Å². The number of anilines is 1. The number of nitriles is 1. The van der Waals surface area contributed by atoms with Crippen molar-refractivity contribution in [2.24, 2.45) is 11.3 Å². The molecule has 1 saturated carbocycles. The Labute approximate surface area is 103 Å². The van der Waals surface area contributed by atoms with Crippen molar-refractivity contribution < 1.29 is 0 Å². The average Bonchev–Trinajstić information content (AvgIpc) is 3.07. The maximum Gasteiger partial charge on any atom is 0.144 e. The predicted molar refractivity (Wildman–Crippen MR) is 68.7 cm³/mol. The highest BCUT2D eigenvalue weighted by atomic mass is 15.0. The van der Waals surface area contributed by atoms with Gasteiger partial charge in [0.1, 0.15) is 11.9 Å². The Kier molecular flexibility index (Phi) is 3.06. The molecule has 0 atom stereocenters. The molecule has 3 nitrogen and oxygen atoms in total. The molecule has 0 unspecified atom stereocenters. The van der Waals surface area contributed by atoms with Crippen molar-refractivity contribution in [1.29, 1.82) is 5.26 Å². The number of aromatic nitrogens is 1. The van der Waals surface area contributed by atoms with Gasteiger partial charge in [-0.25, -0.2) is 4.98 Å². The van der Waals surface area contributed by atoms with Crippen LogP contribution in [0.1, 0.15) is 37.9 Å². The van der Waals surface area contributed by atoms with E-state index in [9.17, 15) is 0 Å². The van der Waals surface area contributed by atoms with E-state index >= 15 is 0 Å². The first-order valence-electron chi connectivity index (χ1n) is 6.19. The molecule has 2 rings (SSSR count). The van der Waals surface area contributed by atoms with Gasteiger partial charge in [-0.15, -0.1) is 0 Å². The van der Waals surface area contributed by atoms with Gasteiger partial charge in [-0.05, 0) is 43.2 Å². The number of nitrogens with zero attached hydrogens (tertiary/aromatic N) is 2. The Hall–Kier alpha value is -1.56. The van der Waals surface area contributed by atoms with E-state index in [1.807, 2.05) is 19.1 Å². The summed E-state index contributed by atoms with van der Waals surface area (Å²) in [4.78, 5) is 4.40. The maximum atomic E-state index is 9.03. The summed E-state index contributed by atoms with van der Waals surface area (Å²) in [5.74, 6) is 1.42. The fraction of sp³-hybridized carbons (Fsp3) is 0.571. The number of rotatable bonds is 4. The van der Waals surface area contributed by atoms with Crippen LogP contribution < -0.4 is 5.32 Å². The topological polar surface area (TPSA) is 48.7 Å². The second-order valence-corrected chi connectivity index (χ2v) is 5.33. The van der Waals surface area contributed by atoms with Gasteiger partial charge < -0.3 is 5.32 Å². The van der Waals surface area contributed by atoms with Gasteiger partial charge in [0.2, 0.25) is 0 Å². The van der Waals surface area contributed by atoms with Gasteiger partial charge in [-0.2, -0.15) is 5.26 Å². The van der Waals surface area contributed by atoms with E-state index in [1.165, 1.54) is 12.8 Å². The Morgan fingerprint density at radius 1 is 1.47 bits per heavy atom. The molecule has 1 N–H and O–H groups in total. The van der Waals surface area contributed by atoms with Crippen LogP contribution >= 0.6 is 0 Å². The second-order valence-electron chi connectivity index (χ2n) is 5.33. The molecular formula is C14H19N3. The van der Waals surface area contributed by atoms with Gasteiger partial charge in [0, 0.05) is 12.2 Å². The van der Waals surface area contributed by atoms with E-state index in [-0.39, 0.29) is 0 Å². The average molecular weight is 229 g/mol. The summed E-state index contributed by atoms with van der Waals surface area (Å²) >= 11 is 0. The third-order valence-electron chi connectivity index (χ3n) is 3.88. The monoisotopic (exact) mass is 229 g/mol. The molecule has 0 spiro atoms. The number of aryl methyl sites for hydroxylation is 1. The lowest BCUT2D eigenvalue weighted by Crippen LogP contribution is -2.21. The summed E-state index contributed by atoms with van der Waals surface area (Å²) in [7, 11) is 0. The Morgan fingerprint density at radius 2 is 2.18 bits per heavy atom. The number of nitrogens with one attached hydrogen (secondary N) is 1. The van der Waals surface area contributed by atoms with E-state index in [0.717, 1.165) is 18.1 Å². The Bertz CT molecular complexity index is 453. The highest BCUT2D eigenvalue weighted by Crippen LogP contribution is 2.51. The molecule has 0 radical (unpaired) electrons. The lowest BCUT2D eigenvalue weighted by atomic mass is 9.92. The lowest BCUT2D eigenvalue weighted by molar-refractivity contribution is 0.380. The van der Waals surface area contributed by atoms with Crippen molar-refractivity contribution >= 4 is 5.82 Å². The van der Waals surface area contributed by atoms with Crippen LogP contribution in [-0.4, -0.2) is 11.5 Å². The van der Waals surface area contributed by atoms with Crippen molar-refractivity contribution in [3.63, 3.8) is 0 Å². The minimum Gasteiger partial charge on any atom is -0.368 e. The largest absolute Gasteiger partial charge is 0.368 e. The van der Waals surface area contributed by atoms with E-state index in [0.29, 0.717) is 16.9 Å². The predicted octanol–water partition coefficient (Wildman–Crippen LogP) is 3.11. The maximum absolute atomic E-state index is 9.03. The summed E-state index contributed by atoms with van der Waals surface area (Å²) in [6.45, 7) is 7.41. The summed E-state index contributed by atoms with van der Waals surface area (Å²) < 4.78 is 0. The molecule has 1 heterocycles. The zero-order chi connectivity index (χ0) is 12.5. The molecule has 1 aliphatic carbocycles. The first-order valence-corrected chi connectivity index (χ1v) is 6.19. The Balaban J connectivity index is 2.09. The zero-order valence-electron chi connectivity index (χ0n) is 10.7. The van der Waals surface area contributed by atoms with Crippen LogP contribution in [0.15, 0.2) is 12.1 Å². The summed E-state index contributed by atoms with van der Waals surface area (Å²) in [5.41, 5.74) is 2.01. The molecule has 0 saturated heterocycles. The van der Waals surface area contributed by atoms with Crippen molar-refractivity contribution in [3.8, 4) is 6.07 Å². The molecule has 0 aromatic carbocycles. The van der Waals surface area contributed by atoms with Gasteiger partial charge in [-0.1, -0.05) is 13.8 Å². The van der Waals surface area contributed by atoms with Crippen molar-refractivity contribution in [2.45, 2.75) is 33.6 Å². The SMILES string of the molecule is Cc1ccc(C#N)c(NCC2(C(C)C)CC2)n1. The van der Waals surface area contributed by atoms with Gasteiger partial charge in [0.25, 0.3) is 0 Å². The fourth-order valence-corrected chi connectivity index (χ4v) is 2.16. The minimum atomic E-state index is 0.429. The smallest absolute Gasteiger partial charge is 0.144 e. The Morgan fingerprint density at radius 3 is 2.71 bits per heavy atom. The van der Waals surface area contributed by atoms with Crippen molar-refractivity contribution in [2.75, 3.05) is 11.9 Å². The first kappa shape index (κ1) is 11.9. The standard InChI is InChI=1S/C14H19N3/c1-10(2)14(6-7-14)9-16-13-12(8-15)5-4-11(3)17-13/h4-5,10H,6-7,9H2,1-3H3,(H,16,17). The first-order chi connectivity index (χ1) is 8.07. The van der Waals surface area contributed by atoms with Crippen LogP contribution in [0.4, 0.5) is 5.82 Å². The third-order valence-corrected chi connectivity index (χ3v) is 3.88. The van der Waals surface area contributed by atoms with Gasteiger partial charge in [-0.3, -0.25) is 0 Å². The zero-order valence-corrected chi connectivity index (χ0v) is 10.7. The summed E-state index contributed by atoms with van der Waals surface area (Å²) in [6.07, 6.45) is 2.57. The minimum absolute atomic E-state index is 0.429.